The summed E-state index contributed by atoms with van der Waals surface area (Å²) in [7, 11) is -3.93. The van der Waals surface area contributed by atoms with Gasteiger partial charge >= 0.3 is 0 Å². The molecule has 3 rings (SSSR count). The van der Waals surface area contributed by atoms with E-state index in [9.17, 15) is 22.7 Å². The number of carbonyl (C=O) groups excluding carboxylic acids is 1. The summed E-state index contributed by atoms with van der Waals surface area (Å²) >= 11 is 0. The van der Waals surface area contributed by atoms with Crippen LogP contribution in [-0.2, 0) is 19.6 Å². The second kappa shape index (κ2) is 12.0. The lowest BCUT2D eigenvalue weighted by Crippen LogP contribution is -2.51. The minimum atomic E-state index is -3.93. The smallest absolute Gasteiger partial charge is 0.241 e. The molecule has 1 aromatic rings. The highest BCUT2D eigenvalue weighted by atomic mass is 32.2. The lowest BCUT2D eigenvalue weighted by molar-refractivity contribution is -0.122. The van der Waals surface area contributed by atoms with Crippen molar-refractivity contribution in [1.82, 2.24) is 14.9 Å². The number of nitrogens with one attached hydrogen (secondary N) is 2. The van der Waals surface area contributed by atoms with E-state index < -0.39 is 28.0 Å². The summed E-state index contributed by atoms with van der Waals surface area (Å²) < 4.78 is 46.9. The van der Waals surface area contributed by atoms with Gasteiger partial charge in [0.2, 0.25) is 15.9 Å². The highest BCUT2D eigenvalue weighted by Crippen LogP contribution is 2.23. The predicted octanol–water partition coefficient (Wildman–Crippen LogP) is 1.39. The predicted molar refractivity (Wildman–Crippen MR) is 118 cm³/mol. The number of carbonyl (C=O) groups is 1. The van der Waals surface area contributed by atoms with Crippen molar-refractivity contribution in [3.8, 4) is 0 Å². The van der Waals surface area contributed by atoms with Crippen molar-refractivity contribution in [3.63, 3.8) is 0 Å². The molecule has 2 fully saturated rings. The Bertz CT molecular complexity index is 848. The molecule has 1 amide bonds. The Morgan fingerprint density at radius 1 is 1.22 bits per heavy atom. The number of sulfonamides is 1. The van der Waals surface area contributed by atoms with Crippen molar-refractivity contribution in [2.24, 2.45) is 0 Å². The molecule has 0 saturated carbocycles. The van der Waals surface area contributed by atoms with Gasteiger partial charge in [0.1, 0.15) is 5.82 Å². The Labute approximate surface area is 189 Å². The van der Waals surface area contributed by atoms with Crippen molar-refractivity contribution in [3.05, 3.63) is 30.1 Å². The molecular weight excluding hydrogens is 437 g/mol. The van der Waals surface area contributed by atoms with E-state index in [1.165, 1.54) is 37.5 Å². The first-order valence-electron chi connectivity index (χ1n) is 11.4. The third-order valence-corrected chi connectivity index (χ3v) is 7.59. The fourth-order valence-corrected chi connectivity index (χ4v) is 5.61. The van der Waals surface area contributed by atoms with Gasteiger partial charge in [-0.2, -0.15) is 0 Å². The second-order valence-electron chi connectivity index (χ2n) is 8.53. The monoisotopic (exact) mass is 471 g/mol. The molecule has 32 heavy (non-hydrogen) atoms. The number of hydrogen-bond acceptors (Lipinski definition) is 6. The molecule has 2 aliphatic rings. The van der Waals surface area contributed by atoms with Crippen molar-refractivity contribution in [2.75, 3.05) is 32.8 Å². The van der Waals surface area contributed by atoms with E-state index in [1.54, 1.807) is 0 Å². The molecule has 0 bridgehead atoms. The highest BCUT2D eigenvalue weighted by Gasteiger charge is 2.34. The number of amides is 1. The number of likely N-dealkylation sites (tertiary alicyclic amines) is 1. The van der Waals surface area contributed by atoms with E-state index in [2.05, 4.69) is 14.9 Å². The van der Waals surface area contributed by atoms with Gasteiger partial charge in [0.25, 0.3) is 0 Å². The lowest BCUT2D eigenvalue weighted by Gasteiger charge is -2.36. The van der Waals surface area contributed by atoms with Gasteiger partial charge in [0.15, 0.2) is 0 Å². The SMILES string of the molecule is O=C(CCN1CCCCC1)NCC[C@@H]1CC[C@@H](NS(=O)(=O)c2cccc(F)c2)[C@H](CO)O1. The van der Waals surface area contributed by atoms with Gasteiger partial charge in [-0.05, 0) is 63.4 Å². The number of hydrogen-bond donors (Lipinski definition) is 3. The Morgan fingerprint density at radius 2 is 2.00 bits per heavy atom. The Kier molecular flexibility index (Phi) is 9.42. The maximum Gasteiger partial charge on any atom is 0.241 e. The van der Waals surface area contributed by atoms with Gasteiger partial charge in [-0.3, -0.25) is 4.79 Å². The molecule has 8 nitrogen and oxygen atoms in total. The Balaban J connectivity index is 1.40. The zero-order valence-corrected chi connectivity index (χ0v) is 19.2. The summed E-state index contributed by atoms with van der Waals surface area (Å²) in [6.07, 6.45) is 4.94. The largest absolute Gasteiger partial charge is 0.394 e. The molecule has 3 N–H and O–H groups in total. The standard InChI is InChI=1S/C22H34FN3O5S/c23-17-5-4-6-19(15-17)32(29,30)25-20-8-7-18(31-21(20)16-27)9-11-24-22(28)10-14-26-12-2-1-3-13-26/h4-6,15,18,20-21,25,27H,1-3,7-14,16H2,(H,24,28)/t18-,20+,21-/m0/s1. The molecule has 0 spiro atoms. The highest BCUT2D eigenvalue weighted by molar-refractivity contribution is 7.89. The van der Waals surface area contributed by atoms with Crippen molar-refractivity contribution < 1.29 is 27.4 Å². The lowest BCUT2D eigenvalue weighted by atomic mass is 9.98. The van der Waals surface area contributed by atoms with Crippen LogP contribution >= 0.6 is 0 Å². The first-order valence-corrected chi connectivity index (χ1v) is 12.9. The molecule has 2 saturated heterocycles. The van der Waals surface area contributed by atoms with E-state index in [4.69, 9.17) is 4.74 Å². The normalized spacial score (nSPS) is 24.9. The molecular formula is C22H34FN3O5S. The number of nitrogens with zero attached hydrogens (tertiary/aromatic N) is 1. The fraction of sp³-hybridized carbons (Fsp3) is 0.682. The molecule has 10 heteroatoms. The minimum absolute atomic E-state index is 0.0193. The topological polar surface area (TPSA) is 108 Å². The van der Waals surface area contributed by atoms with Gasteiger partial charge < -0.3 is 20.1 Å². The molecule has 1 aromatic carbocycles. The number of halogens is 1. The number of aliphatic hydroxyl groups excluding tert-OH is 1. The molecule has 0 radical (unpaired) electrons. The summed E-state index contributed by atoms with van der Waals surface area (Å²) in [4.78, 5) is 14.3. The van der Waals surface area contributed by atoms with Gasteiger partial charge in [0.05, 0.1) is 29.8 Å². The van der Waals surface area contributed by atoms with Crippen LogP contribution in [0.25, 0.3) is 0 Å². The van der Waals surface area contributed by atoms with Crippen LogP contribution in [0.15, 0.2) is 29.2 Å². The fourth-order valence-electron chi connectivity index (χ4n) is 4.28. The summed E-state index contributed by atoms with van der Waals surface area (Å²) in [5.74, 6) is -0.615. The van der Waals surface area contributed by atoms with Gasteiger partial charge in [-0.25, -0.2) is 17.5 Å². The Hall–Kier alpha value is -1.59. The average Bonchev–Trinajstić information content (AvgIpc) is 2.79. The van der Waals surface area contributed by atoms with Crippen LogP contribution in [-0.4, -0.2) is 75.4 Å². The minimum Gasteiger partial charge on any atom is -0.394 e. The van der Waals surface area contributed by atoms with Crippen LogP contribution in [0.2, 0.25) is 0 Å². The number of benzene rings is 1. The van der Waals surface area contributed by atoms with Crippen molar-refractivity contribution in [1.29, 1.82) is 0 Å². The van der Waals surface area contributed by atoms with Crippen molar-refractivity contribution >= 4 is 15.9 Å². The van der Waals surface area contributed by atoms with Crippen LogP contribution in [0.3, 0.4) is 0 Å². The van der Waals surface area contributed by atoms with Crippen LogP contribution < -0.4 is 10.0 Å². The van der Waals surface area contributed by atoms with Gasteiger partial charge in [0, 0.05) is 19.5 Å². The molecule has 2 aliphatic heterocycles. The van der Waals surface area contributed by atoms with Gasteiger partial charge in [-0.15, -0.1) is 0 Å². The molecule has 3 atom stereocenters. The first-order chi connectivity index (χ1) is 15.4. The number of piperidine rings is 1. The van der Waals surface area contributed by atoms with Crippen LogP contribution in [0.5, 0.6) is 0 Å². The van der Waals surface area contributed by atoms with E-state index in [0.717, 1.165) is 25.7 Å². The Morgan fingerprint density at radius 3 is 2.72 bits per heavy atom. The quantitative estimate of drug-likeness (QED) is 0.476. The third kappa shape index (κ3) is 7.48. The maximum atomic E-state index is 13.4. The summed E-state index contributed by atoms with van der Waals surface area (Å²) in [6.45, 7) is 3.05. The summed E-state index contributed by atoms with van der Waals surface area (Å²) in [6, 6.07) is 4.18. The van der Waals surface area contributed by atoms with E-state index >= 15 is 0 Å². The third-order valence-electron chi connectivity index (χ3n) is 6.10. The second-order valence-corrected chi connectivity index (χ2v) is 10.2. The number of aliphatic hydroxyl groups is 1. The number of ether oxygens (including phenoxy) is 1. The first kappa shape index (κ1) is 25.0. The average molecular weight is 472 g/mol. The molecule has 2 heterocycles. The van der Waals surface area contributed by atoms with Gasteiger partial charge in [-0.1, -0.05) is 12.5 Å². The van der Waals surface area contributed by atoms with Crippen LogP contribution in [0.4, 0.5) is 4.39 Å². The van der Waals surface area contributed by atoms with E-state index in [0.29, 0.717) is 32.2 Å². The zero-order chi connectivity index (χ0) is 23.0. The zero-order valence-electron chi connectivity index (χ0n) is 18.3. The van der Waals surface area contributed by atoms with E-state index in [1.807, 2.05) is 0 Å². The number of rotatable bonds is 10. The molecule has 0 aliphatic carbocycles. The summed E-state index contributed by atoms with van der Waals surface area (Å²) in [5, 5.41) is 12.6. The summed E-state index contributed by atoms with van der Waals surface area (Å²) in [5.41, 5.74) is 0. The van der Waals surface area contributed by atoms with Crippen LogP contribution in [0, 0.1) is 5.82 Å². The maximum absolute atomic E-state index is 13.4. The van der Waals surface area contributed by atoms with Crippen molar-refractivity contribution in [2.45, 2.75) is 68.1 Å². The molecule has 0 unspecified atom stereocenters. The molecule has 180 valence electrons. The van der Waals surface area contributed by atoms with Crippen LogP contribution in [0.1, 0.15) is 44.9 Å². The molecule has 0 aromatic heterocycles. The van der Waals surface area contributed by atoms with E-state index in [-0.39, 0.29) is 23.5 Å².